The molecule has 0 amide bonds. The number of anilines is 2. The molecule has 1 aromatic rings. The fraction of sp³-hybridized carbons (Fsp3) is 0.692. The second-order valence-electron chi connectivity index (χ2n) is 4.83. The van der Waals surface area contributed by atoms with Crippen molar-refractivity contribution in [2.45, 2.75) is 26.4 Å². The quantitative estimate of drug-likeness (QED) is 0.764. The smallest absolute Gasteiger partial charge is 0.370 e. The zero-order valence-corrected chi connectivity index (χ0v) is 13.2. The number of rotatable bonds is 8. The van der Waals surface area contributed by atoms with Crippen molar-refractivity contribution in [3.8, 4) is 0 Å². The standard InChI is InChI=1S/C13H21F3N4S/c1-4-5-17-10-6-11(18-7-9(2)8-21-3)20-12(19-10)13(14,15)16/h6,9H,4-5,7-8H2,1-3H3,(H2,17,18,19,20). The zero-order valence-electron chi connectivity index (χ0n) is 12.4. The summed E-state index contributed by atoms with van der Waals surface area (Å²) >= 11 is 1.70. The van der Waals surface area contributed by atoms with E-state index in [0.29, 0.717) is 19.0 Å². The Kier molecular flexibility index (Phi) is 7.07. The minimum Gasteiger partial charge on any atom is -0.370 e. The van der Waals surface area contributed by atoms with Gasteiger partial charge in [-0.15, -0.1) is 0 Å². The summed E-state index contributed by atoms with van der Waals surface area (Å²) in [4.78, 5) is 7.07. The molecule has 0 aliphatic heterocycles. The predicted molar refractivity (Wildman–Crippen MR) is 81.9 cm³/mol. The highest BCUT2D eigenvalue weighted by Crippen LogP contribution is 2.28. The van der Waals surface area contributed by atoms with E-state index >= 15 is 0 Å². The zero-order chi connectivity index (χ0) is 15.9. The van der Waals surface area contributed by atoms with E-state index in [1.807, 2.05) is 20.1 Å². The summed E-state index contributed by atoms with van der Waals surface area (Å²) < 4.78 is 38.4. The summed E-state index contributed by atoms with van der Waals surface area (Å²) in [6.07, 6.45) is -1.75. The Morgan fingerprint density at radius 2 is 1.86 bits per heavy atom. The van der Waals surface area contributed by atoms with Crippen molar-refractivity contribution in [3.63, 3.8) is 0 Å². The predicted octanol–water partition coefficient (Wildman–Crippen LogP) is 3.73. The van der Waals surface area contributed by atoms with Crippen molar-refractivity contribution in [3.05, 3.63) is 11.9 Å². The number of nitrogens with one attached hydrogen (secondary N) is 2. The molecule has 21 heavy (non-hydrogen) atoms. The van der Waals surface area contributed by atoms with Gasteiger partial charge >= 0.3 is 6.18 Å². The van der Waals surface area contributed by atoms with Crippen LogP contribution >= 0.6 is 11.8 Å². The highest BCUT2D eigenvalue weighted by Gasteiger charge is 2.35. The van der Waals surface area contributed by atoms with Crippen LogP contribution < -0.4 is 10.6 Å². The maximum atomic E-state index is 12.8. The van der Waals surface area contributed by atoms with Crippen LogP contribution in [-0.2, 0) is 6.18 Å². The van der Waals surface area contributed by atoms with Crippen LogP contribution in [0.15, 0.2) is 6.07 Å². The van der Waals surface area contributed by atoms with Crippen molar-refractivity contribution in [2.24, 2.45) is 5.92 Å². The van der Waals surface area contributed by atoms with Gasteiger partial charge in [0.25, 0.3) is 0 Å². The summed E-state index contributed by atoms with van der Waals surface area (Å²) in [6, 6.07) is 1.51. The average Bonchev–Trinajstić information content (AvgIpc) is 2.42. The minimum absolute atomic E-state index is 0.194. The van der Waals surface area contributed by atoms with Crippen LogP contribution in [0.2, 0.25) is 0 Å². The van der Waals surface area contributed by atoms with Crippen LogP contribution in [0.1, 0.15) is 26.1 Å². The minimum atomic E-state index is -4.55. The lowest BCUT2D eigenvalue weighted by Gasteiger charge is -2.14. The molecule has 1 unspecified atom stereocenters. The summed E-state index contributed by atoms with van der Waals surface area (Å²) in [5.41, 5.74) is 0. The van der Waals surface area contributed by atoms with Gasteiger partial charge in [0.05, 0.1) is 0 Å². The SMILES string of the molecule is CCCNc1cc(NCC(C)CSC)nc(C(F)(F)F)n1. The molecule has 4 nitrogen and oxygen atoms in total. The van der Waals surface area contributed by atoms with E-state index in [9.17, 15) is 13.2 Å². The van der Waals surface area contributed by atoms with E-state index < -0.39 is 12.0 Å². The van der Waals surface area contributed by atoms with Crippen LogP contribution in [0, 0.1) is 5.92 Å². The third-order valence-electron chi connectivity index (χ3n) is 2.62. The largest absolute Gasteiger partial charge is 0.451 e. The maximum absolute atomic E-state index is 12.8. The summed E-state index contributed by atoms with van der Waals surface area (Å²) in [5.74, 6) is 0.550. The Balaban J connectivity index is 2.85. The van der Waals surface area contributed by atoms with E-state index in [-0.39, 0.29) is 11.6 Å². The molecule has 120 valence electrons. The monoisotopic (exact) mass is 322 g/mol. The van der Waals surface area contributed by atoms with Crippen LogP contribution in [0.5, 0.6) is 0 Å². The third-order valence-corrected chi connectivity index (χ3v) is 3.52. The Hall–Kier alpha value is -1.18. The summed E-state index contributed by atoms with van der Waals surface area (Å²) in [7, 11) is 0. The van der Waals surface area contributed by atoms with Crippen molar-refractivity contribution in [1.82, 2.24) is 9.97 Å². The molecule has 1 heterocycles. The third kappa shape index (κ3) is 6.41. The second-order valence-corrected chi connectivity index (χ2v) is 5.74. The van der Waals surface area contributed by atoms with E-state index in [1.54, 1.807) is 11.8 Å². The number of nitrogens with zero attached hydrogens (tertiary/aromatic N) is 2. The molecule has 8 heteroatoms. The molecule has 0 bridgehead atoms. The van der Waals surface area contributed by atoms with Gasteiger partial charge in [0.2, 0.25) is 5.82 Å². The molecule has 0 fully saturated rings. The highest BCUT2D eigenvalue weighted by atomic mass is 32.2. The lowest BCUT2D eigenvalue weighted by atomic mass is 10.2. The number of hydrogen-bond acceptors (Lipinski definition) is 5. The molecule has 0 radical (unpaired) electrons. The van der Waals surface area contributed by atoms with Crippen molar-refractivity contribution in [1.29, 1.82) is 0 Å². The van der Waals surface area contributed by atoms with Crippen LogP contribution in [0.4, 0.5) is 24.8 Å². The van der Waals surface area contributed by atoms with Crippen molar-refractivity contribution < 1.29 is 13.2 Å². The molecule has 0 spiro atoms. The lowest BCUT2D eigenvalue weighted by Crippen LogP contribution is -2.18. The first-order valence-corrected chi connectivity index (χ1v) is 8.19. The summed E-state index contributed by atoms with van der Waals surface area (Å²) in [5, 5.41) is 5.82. The molecule has 0 aliphatic carbocycles. The number of hydrogen-bond donors (Lipinski definition) is 2. The van der Waals surface area contributed by atoms with Gasteiger partial charge in [-0.25, -0.2) is 9.97 Å². The van der Waals surface area contributed by atoms with Gasteiger partial charge < -0.3 is 10.6 Å². The van der Waals surface area contributed by atoms with Crippen LogP contribution in [0.25, 0.3) is 0 Å². The van der Waals surface area contributed by atoms with Crippen molar-refractivity contribution in [2.75, 3.05) is 35.7 Å². The van der Waals surface area contributed by atoms with Gasteiger partial charge in [-0.05, 0) is 24.3 Å². The van der Waals surface area contributed by atoms with Gasteiger partial charge in [-0.1, -0.05) is 13.8 Å². The van der Waals surface area contributed by atoms with Gasteiger partial charge in [0.15, 0.2) is 0 Å². The fourth-order valence-electron chi connectivity index (χ4n) is 1.63. The number of thioether (sulfide) groups is 1. The molecule has 1 aromatic heterocycles. The van der Waals surface area contributed by atoms with Crippen LogP contribution in [-0.4, -0.2) is 35.1 Å². The molecule has 0 aromatic carbocycles. The molecule has 1 rings (SSSR count). The first-order valence-electron chi connectivity index (χ1n) is 6.79. The first kappa shape index (κ1) is 17.9. The molecule has 2 N–H and O–H groups in total. The van der Waals surface area contributed by atoms with E-state index in [0.717, 1.165) is 12.2 Å². The Bertz CT molecular complexity index is 440. The van der Waals surface area contributed by atoms with Gasteiger partial charge in [0.1, 0.15) is 11.6 Å². The van der Waals surface area contributed by atoms with Crippen molar-refractivity contribution >= 4 is 23.4 Å². The van der Waals surface area contributed by atoms with Gasteiger partial charge in [0, 0.05) is 19.2 Å². The molecule has 1 atom stereocenters. The van der Waals surface area contributed by atoms with E-state index in [2.05, 4.69) is 20.6 Å². The Morgan fingerprint density at radius 3 is 2.38 bits per heavy atom. The second kappa shape index (κ2) is 8.31. The molecular formula is C13H21F3N4S. The van der Waals surface area contributed by atoms with Crippen LogP contribution in [0.3, 0.4) is 0 Å². The highest BCUT2D eigenvalue weighted by molar-refractivity contribution is 7.98. The molecule has 0 saturated carbocycles. The Morgan fingerprint density at radius 1 is 1.24 bits per heavy atom. The lowest BCUT2D eigenvalue weighted by molar-refractivity contribution is -0.144. The van der Waals surface area contributed by atoms with E-state index in [4.69, 9.17) is 0 Å². The maximum Gasteiger partial charge on any atom is 0.451 e. The fourth-order valence-corrected chi connectivity index (χ4v) is 2.32. The topological polar surface area (TPSA) is 49.8 Å². The molecular weight excluding hydrogens is 301 g/mol. The number of alkyl halides is 3. The normalized spacial score (nSPS) is 13.0. The average molecular weight is 322 g/mol. The summed E-state index contributed by atoms with van der Waals surface area (Å²) in [6.45, 7) is 5.10. The molecule has 0 aliphatic rings. The van der Waals surface area contributed by atoms with E-state index in [1.165, 1.54) is 6.07 Å². The first-order chi connectivity index (χ1) is 9.86. The molecule has 0 saturated heterocycles. The number of aromatic nitrogens is 2. The number of halogens is 3. The van der Waals surface area contributed by atoms with Gasteiger partial charge in [-0.3, -0.25) is 0 Å². The van der Waals surface area contributed by atoms with Gasteiger partial charge in [-0.2, -0.15) is 24.9 Å². The Labute approximate surface area is 127 Å².